The quantitative estimate of drug-likeness (QED) is 0.585. The molecule has 2 heterocycles. The molecule has 0 aliphatic carbocycles. The molecule has 2 aromatic carbocycles. The molecule has 0 fully saturated rings. The normalized spacial score (nSPS) is 10.9. The van der Waals surface area contributed by atoms with Crippen LogP contribution >= 0.6 is 11.6 Å². The van der Waals surface area contributed by atoms with Crippen LogP contribution < -0.4 is 5.32 Å². The first-order valence-corrected chi connectivity index (χ1v) is 8.01. The smallest absolute Gasteiger partial charge is 0.268 e. The topological polar surface area (TPSA) is 83.8 Å². The summed E-state index contributed by atoms with van der Waals surface area (Å²) in [4.78, 5) is 19.6. The summed E-state index contributed by atoms with van der Waals surface area (Å²) in [6.45, 7) is 0.148. The molecule has 0 bridgehead atoms. The van der Waals surface area contributed by atoms with Gasteiger partial charge in [-0.15, -0.1) is 0 Å². The summed E-state index contributed by atoms with van der Waals surface area (Å²) in [6.07, 6.45) is 0. The van der Waals surface area contributed by atoms with Crippen LogP contribution in [0, 0.1) is 0 Å². The summed E-state index contributed by atoms with van der Waals surface area (Å²) >= 11 is 5.96. The van der Waals surface area contributed by atoms with Crippen LogP contribution in [0.1, 0.15) is 16.4 Å². The maximum atomic E-state index is 12.3. The Balaban J connectivity index is 1.45. The molecule has 1 amide bonds. The van der Waals surface area contributed by atoms with Gasteiger partial charge >= 0.3 is 0 Å². The maximum Gasteiger partial charge on any atom is 0.268 e. The van der Waals surface area contributed by atoms with E-state index in [4.69, 9.17) is 16.1 Å². The average Bonchev–Trinajstić information content (AvgIpc) is 3.27. The molecule has 7 heteroatoms. The van der Waals surface area contributed by atoms with Crippen molar-refractivity contribution in [3.8, 4) is 11.4 Å². The fourth-order valence-electron chi connectivity index (χ4n) is 2.51. The highest BCUT2D eigenvalue weighted by Gasteiger charge is 2.12. The van der Waals surface area contributed by atoms with Gasteiger partial charge in [-0.1, -0.05) is 47.1 Å². The minimum absolute atomic E-state index is 0.148. The standard InChI is InChI=1S/C18H13ClN4O2/c19-13-6-7-14-12(8-13)9-15(21-14)18(24)20-10-16-22-17(23-25-16)11-4-2-1-3-5-11/h1-9,21H,10H2,(H,20,24). The number of nitrogens with one attached hydrogen (secondary N) is 2. The Hall–Kier alpha value is -3.12. The van der Waals surface area contributed by atoms with Gasteiger partial charge in [0.2, 0.25) is 11.7 Å². The van der Waals surface area contributed by atoms with Gasteiger partial charge in [0, 0.05) is 21.5 Å². The average molecular weight is 353 g/mol. The molecule has 0 spiro atoms. The van der Waals surface area contributed by atoms with Crippen molar-refractivity contribution in [3.05, 3.63) is 71.2 Å². The van der Waals surface area contributed by atoms with E-state index in [1.54, 1.807) is 18.2 Å². The Bertz CT molecular complexity index is 1040. The number of nitrogens with zero attached hydrogens (tertiary/aromatic N) is 2. The van der Waals surface area contributed by atoms with E-state index in [9.17, 15) is 4.79 Å². The van der Waals surface area contributed by atoms with E-state index in [-0.39, 0.29) is 12.5 Å². The zero-order chi connectivity index (χ0) is 17.2. The number of hydrogen-bond acceptors (Lipinski definition) is 4. The number of H-pyrrole nitrogens is 1. The molecule has 4 aromatic rings. The number of hydrogen-bond donors (Lipinski definition) is 2. The van der Waals surface area contributed by atoms with Crippen molar-refractivity contribution < 1.29 is 9.32 Å². The summed E-state index contributed by atoms with van der Waals surface area (Å²) in [6, 6.07) is 16.6. The molecule has 0 atom stereocenters. The van der Waals surface area contributed by atoms with Gasteiger partial charge in [-0.25, -0.2) is 0 Å². The Labute approximate surface area is 147 Å². The van der Waals surface area contributed by atoms with Crippen molar-refractivity contribution in [1.82, 2.24) is 20.4 Å². The molecule has 25 heavy (non-hydrogen) atoms. The lowest BCUT2D eigenvalue weighted by molar-refractivity contribution is 0.0942. The predicted octanol–water partition coefficient (Wildman–Crippen LogP) is 3.80. The van der Waals surface area contributed by atoms with Crippen LogP contribution in [-0.2, 0) is 6.54 Å². The number of carbonyl (C=O) groups excluding carboxylic acids is 1. The van der Waals surface area contributed by atoms with Crippen molar-refractivity contribution in [1.29, 1.82) is 0 Å². The number of fused-ring (bicyclic) bond motifs is 1. The summed E-state index contributed by atoms with van der Waals surface area (Å²) in [5, 5.41) is 8.18. The van der Waals surface area contributed by atoms with Gasteiger partial charge in [0.15, 0.2) is 0 Å². The van der Waals surface area contributed by atoms with Gasteiger partial charge in [0.1, 0.15) is 5.69 Å². The summed E-state index contributed by atoms with van der Waals surface area (Å²) in [7, 11) is 0. The SMILES string of the molecule is O=C(NCc1nc(-c2ccccc2)no1)c1cc2cc(Cl)ccc2[nH]1. The van der Waals surface area contributed by atoms with E-state index in [0.717, 1.165) is 16.5 Å². The first kappa shape index (κ1) is 15.4. The van der Waals surface area contributed by atoms with Crippen molar-refractivity contribution in [2.24, 2.45) is 0 Å². The highest BCUT2D eigenvalue weighted by atomic mass is 35.5. The van der Waals surface area contributed by atoms with Crippen LogP contribution in [0.3, 0.4) is 0 Å². The van der Waals surface area contributed by atoms with Crippen LogP contribution in [0.25, 0.3) is 22.3 Å². The second-order valence-corrected chi connectivity index (χ2v) is 5.91. The third-order valence-electron chi connectivity index (χ3n) is 3.73. The van der Waals surface area contributed by atoms with Crippen molar-refractivity contribution in [2.75, 3.05) is 0 Å². The highest BCUT2D eigenvalue weighted by molar-refractivity contribution is 6.31. The minimum Gasteiger partial charge on any atom is -0.351 e. The van der Waals surface area contributed by atoms with Gasteiger partial charge in [0.05, 0.1) is 6.54 Å². The molecule has 0 radical (unpaired) electrons. The highest BCUT2D eigenvalue weighted by Crippen LogP contribution is 2.20. The number of aromatic amines is 1. The number of benzene rings is 2. The molecular formula is C18H13ClN4O2. The molecule has 0 saturated carbocycles. The number of carbonyl (C=O) groups is 1. The second kappa shape index (κ2) is 6.41. The number of amides is 1. The Morgan fingerprint density at radius 2 is 2.00 bits per heavy atom. The molecule has 124 valence electrons. The summed E-state index contributed by atoms with van der Waals surface area (Å²) in [5.74, 6) is 0.572. The molecule has 6 nitrogen and oxygen atoms in total. The van der Waals surface area contributed by atoms with Crippen molar-refractivity contribution in [2.45, 2.75) is 6.54 Å². The summed E-state index contributed by atoms with van der Waals surface area (Å²) < 4.78 is 5.18. The molecular weight excluding hydrogens is 340 g/mol. The van der Waals surface area contributed by atoms with Gasteiger partial charge in [0.25, 0.3) is 5.91 Å². The molecule has 0 aliphatic heterocycles. The lowest BCUT2D eigenvalue weighted by atomic mass is 10.2. The zero-order valence-electron chi connectivity index (χ0n) is 13.0. The predicted molar refractivity (Wildman–Crippen MR) is 94.2 cm³/mol. The molecule has 0 saturated heterocycles. The Morgan fingerprint density at radius 3 is 2.84 bits per heavy atom. The van der Waals surface area contributed by atoms with Crippen molar-refractivity contribution in [3.63, 3.8) is 0 Å². The Kier molecular flexibility index (Phi) is 3.95. The molecule has 2 aromatic heterocycles. The largest absolute Gasteiger partial charge is 0.351 e. The molecule has 2 N–H and O–H groups in total. The van der Waals surface area contributed by atoms with Crippen LogP contribution in [0.2, 0.25) is 5.02 Å². The number of aromatic nitrogens is 3. The monoisotopic (exact) mass is 352 g/mol. The molecule has 4 rings (SSSR count). The van der Waals surface area contributed by atoms with E-state index in [1.807, 2.05) is 36.4 Å². The van der Waals surface area contributed by atoms with E-state index < -0.39 is 0 Å². The maximum absolute atomic E-state index is 12.3. The third kappa shape index (κ3) is 3.25. The number of halogens is 1. The molecule has 0 aliphatic rings. The van der Waals surface area contributed by atoms with E-state index in [1.165, 1.54) is 0 Å². The van der Waals surface area contributed by atoms with Gasteiger partial charge < -0.3 is 14.8 Å². The van der Waals surface area contributed by atoms with Gasteiger partial charge in [-0.2, -0.15) is 4.98 Å². The van der Waals surface area contributed by atoms with Crippen molar-refractivity contribution >= 4 is 28.4 Å². The fraction of sp³-hybridized carbons (Fsp3) is 0.0556. The van der Waals surface area contributed by atoms with E-state index >= 15 is 0 Å². The first-order chi connectivity index (χ1) is 12.2. The van der Waals surface area contributed by atoms with E-state index in [0.29, 0.717) is 22.4 Å². The second-order valence-electron chi connectivity index (χ2n) is 5.48. The fourth-order valence-corrected chi connectivity index (χ4v) is 2.69. The Morgan fingerprint density at radius 1 is 1.16 bits per heavy atom. The van der Waals surface area contributed by atoms with E-state index in [2.05, 4.69) is 20.4 Å². The van der Waals surface area contributed by atoms with Gasteiger partial charge in [-0.05, 0) is 24.3 Å². The molecule has 0 unspecified atom stereocenters. The van der Waals surface area contributed by atoms with Crippen LogP contribution in [-0.4, -0.2) is 21.0 Å². The zero-order valence-corrected chi connectivity index (χ0v) is 13.7. The van der Waals surface area contributed by atoms with Crippen LogP contribution in [0.5, 0.6) is 0 Å². The summed E-state index contributed by atoms with van der Waals surface area (Å²) in [5.41, 5.74) is 2.15. The van der Waals surface area contributed by atoms with Crippen LogP contribution in [0.15, 0.2) is 59.1 Å². The number of rotatable bonds is 4. The lowest BCUT2D eigenvalue weighted by Crippen LogP contribution is -2.23. The van der Waals surface area contributed by atoms with Crippen LogP contribution in [0.4, 0.5) is 0 Å². The minimum atomic E-state index is -0.258. The lowest BCUT2D eigenvalue weighted by Gasteiger charge is -1.99. The van der Waals surface area contributed by atoms with Gasteiger partial charge in [-0.3, -0.25) is 4.79 Å². The third-order valence-corrected chi connectivity index (χ3v) is 3.96. The first-order valence-electron chi connectivity index (χ1n) is 7.63.